The molecule has 1 saturated heterocycles. The molecule has 1 aromatic rings. The molecule has 108 valence electrons. The van der Waals surface area contributed by atoms with Crippen LogP contribution in [0.15, 0.2) is 18.2 Å². The highest BCUT2D eigenvalue weighted by Gasteiger charge is 2.21. The van der Waals surface area contributed by atoms with Crippen LogP contribution in [0.2, 0.25) is 0 Å². The minimum Gasteiger partial charge on any atom is -0.459 e. The Bertz CT molecular complexity index is 513. The van der Waals surface area contributed by atoms with E-state index in [-0.39, 0.29) is 18.4 Å². The molecule has 2 rings (SSSR count). The van der Waals surface area contributed by atoms with Crippen LogP contribution in [-0.2, 0) is 9.47 Å². The molecule has 0 N–H and O–H groups in total. The molecular weight excluding hydrogens is 269 g/mol. The van der Waals surface area contributed by atoms with Crippen molar-refractivity contribution >= 4 is 11.7 Å². The van der Waals surface area contributed by atoms with E-state index in [9.17, 15) is 19.3 Å². The first-order chi connectivity index (χ1) is 9.58. The van der Waals surface area contributed by atoms with E-state index in [1.807, 2.05) is 0 Å². The molecule has 1 aliphatic heterocycles. The van der Waals surface area contributed by atoms with E-state index in [2.05, 4.69) is 0 Å². The van der Waals surface area contributed by atoms with Crippen LogP contribution in [-0.4, -0.2) is 30.2 Å². The van der Waals surface area contributed by atoms with Crippen LogP contribution in [0.4, 0.5) is 10.1 Å². The maximum absolute atomic E-state index is 13.5. The summed E-state index contributed by atoms with van der Waals surface area (Å²) >= 11 is 0. The summed E-state index contributed by atoms with van der Waals surface area (Å²) in [5.41, 5.74) is -0.790. The summed E-state index contributed by atoms with van der Waals surface area (Å²) in [6, 6.07) is 2.75. The van der Waals surface area contributed by atoms with Crippen LogP contribution < -0.4 is 0 Å². The Hall–Kier alpha value is -2.02. The smallest absolute Gasteiger partial charge is 0.341 e. The molecule has 7 heteroatoms. The van der Waals surface area contributed by atoms with Gasteiger partial charge in [-0.2, -0.15) is 0 Å². The first kappa shape index (κ1) is 14.4. The molecule has 1 aromatic carbocycles. The standard InChI is InChI=1S/C13H14FNO5/c14-12-5-4-9(15(17)18)7-11(12)13(16)20-8-10-3-1-2-6-19-10/h4-5,7,10H,1-3,6,8H2. The lowest BCUT2D eigenvalue weighted by atomic mass is 10.1. The highest BCUT2D eigenvalue weighted by atomic mass is 19.1. The zero-order chi connectivity index (χ0) is 14.5. The molecule has 0 bridgehead atoms. The summed E-state index contributed by atoms with van der Waals surface area (Å²) in [7, 11) is 0. The third-order valence-electron chi connectivity index (χ3n) is 3.05. The summed E-state index contributed by atoms with van der Waals surface area (Å²) in [5, 5.41) is 10.6. The van der Waals surface area contributed by atoms with Gasteiger partial charge >= 0.3 is 5.97 Å². The van der Waals surface area contributed by atoms with Crippen LogP contribution in [0.1, 0.15) is 29.6 Å². The number of non-ortho nitro benzene ring substituents is 1. The van der Waals surface area contributed by atoms with Crippen molar-refractivity contribution in [2.45, 2.75) is 25.4 Å². The number of esters is 1. The lowest BCUT2D eigenvalue weighted by molar-refractivity contribution is -0.384. The van der Waals surface area contributed by atoms with Crippen molar-refractivity contribution in [2.75, 3.05) is 13.2 Å². The molecule has 1 unspecified atom stereocenters. The van der Waals surface area contributed by atoms with Gasteiger partial charge in [-0.05, 0) is 25.3 Å². The van der Waals surface area contributed by atoms with Gasteiger partial charge in [-0.15, -0.1) is 0 Å². The molecule has 6 nitrogen and oxygen atoms in total. The zero-order valence-electron chi connectivity index (χ0n) is 10.7. The van der Waals surface area contributed by atoms with Crippen molar-refractivity contribution < 1.29 is 23.6 Å². The number of hydrogen-bond donors (Lipinski definition) is 0. The average molecular weight is 283 g/mol. The molecule has 1 heterocycles. The highest BCUT2D eigenvalue weighted by molar-refractivity contribution is 5.90. The SMILES string of the molecule is O=C(OCC1CCCCO1)c1cc([N+](=O)[O-])ccc1F. The largest absolute Gasteiger partial charge is 0.459 e. The quantitative estimate of drug-likeness (QED) is 0.482. The Morgan fingerprint density at radius 2 is 2.30 bits per heavy atom. The number of ether oxygens (including phenoxy) is 2. The predicted molar refractivity (Wildman–Crippen MR) is 66.9 cm³/mol. The van der Waals surface area contributed by atoms with E-state index < -0.39 is 22.3 Å². The van der Waals surface area contributed by atoms with Crippen molar-refractivity contribution in [3.8, 4) is 0 Å². The number of carbonyl (C=O) groups is 1. The number of nitro benzene ring substituents is 1. The second-order valence-electron chi connectivity index (χ2n) is 4.51. The molecule has 1 atom stereocenters. The molecular formula is C13H14FNO5. The topological polar surface area (TPSA) is 78.7 Å². The number of nitro groups is 1. The van der Waals surface area contributed by atoms with E-state index in [0.29, 0.717) is 6.61 Å². The van der Waals surface area contributed by atoms with Gasteiger partial charge in [-0.25, -0.2) is 9.18 Å². The fourth-order valence-electron chi connectivity index (χ4n) is 1.97. The summed E-state index contributed by atoms with van der Waals surface area (Å²) in [6.07, 6.45) is 2.57. The van der Waals surface area contributed by atoms with Crippen molar-refractivity contribution in [3.63, 3.8) is 0 Å². The Balaban J connectivity index is 2.00. The maximum atomic E-state index is 13.5. The molecule has 0 radical (unpaired) electrons. The number of halogens is 1. The molecule has 1 aliphatic rings. The minimum absolute atomic E-state index is 0.0287. The predicted octanol–water partition coefficient (Wildman–Crippen LogP) is 2.46. The van der Waals surface area contributed by atoms with Crippen LogP contribution in [0.5, 0.6) is 0 Å². The summed E-state index contributed by atoms with van der Waals surface area (Å²) in [6.45, 7) is 0.647. The van der Waals surface area contributed by atoms with Crippen molar-refractivity contribution in [3.05, 3.63) is 39.7 Å². The van der Waals surface area contributed by atoms with Crippen LogP contribution in [0.3, 0.4) is 0 Å². The van der Waals surface area contributed by atoms with Gasteiger partial charge in [0.15, 0.2) is 0 Å². The summed E-state index contributed by atoms with van der Waals surface area (Å²) in [5.74, 6) is -1.76. The summed E-state index contributed by atoms with van der Waals surface area (Å²) < 4.78 is 23.8. The van der Waals surface area contributed by atoms with Crippen molar-refractivity contribution in [1.82, 2.24) is 0 Å². The van der Waals surface area contributed by atoms with E-state index in [1.54, 1.807) is 0 Å². The van der Waals surface area contributed by atoms with Crippen molar-refractivity contribution in [2.24, 2.45) is 0 Å². The molecule has 1 fully saturated rings. The van der Waals surface area contributed by atoms with Gasteiger partial charge in [0.25, 0.3) is 5.69 Å². The van der Waals surface area contributed by atoms with Gasteiger partial charge in [-0.1, -0.05) is 0 Å². The molecule has 0 aromatic heterocycles. The Morgan fingerprint density at radius 1 is 1.50 bits per heavy atom. The van der Waals surface area contributed by atoms with Gasteiger partial charge in [0, 0.05) is 18.7 Å². The number of carbonyl (C=O) groups excluding carboxylic acids is 1. The number of benzene rings is 1. The van der Waals surface area contributed by atoms with Gasteiger partial charge in [0.1, 0.15) is 18.0 Å². The minimum atomic E-state index is -0.916. The zero-order valence-corrected chi connectivity index (χ0v) is 10.7. The van der Waals surface area contributed by atoms with Crippen LogP contribution in [0.25, 0.3) is 0 Å². The first-order valence-electron chi connectivity index (χ1n) is 6.30. The van der Waals surface area contributed by atoms with Gasteiger partial charge in [-0.3, -0.25) is 10.1 Å². The second kappa shape index (κ2) is 6.42. The van der Waals surface area contributed by atoms with Crippen LogP contribution >= 0.6 is 0 Å². The Labute approximate surface area is 114 Å². The monoisotopic (exact) mass is 283 g/mol. The Kier molecular flexibility index (Phi) is 4.62. The van der Waals surface area contributed by atoms with Crippen molar-refractivity contribution in [1.29, 1.82) is 0 Å². The number of rotatable bonds is 4. The Morgan fingerprint density at radius 3 is 2.95 bits per heavy atom. The third-order valence-corrected chi connectivity index (χ3v) is 3.05. The molecule has 0 aliphatic carbocycles. The first-order valence-corrected chi connectivity index (χ1v) is 6.30. The lowest BCUT2D eigenvalue weighted by Crippen LogP contribution is -2.26. The van der Waals surface area contributed by atoms with E-state index in [0.717, 1.165) is 37.5 Å². The lowest BCUT2D eigenvalue weighted by Gasteiger charge is -2.22. The molecule has 0 amide bonds. The third kappa shape index (κ3) is 3.51. The molecule has 0 spiro atoms. The normalized spacial score (nSPS) is 18.6. The molecule has 0 saturated carbocycles. The van der Waals surface area contributed by atoms with E-state index >= 15 is 0 Å². The maximum Gasteiger partial charge on any atom is 0.341 e. The fraction of sp³-hybridized carbons (Fsp3) is 0.462. The number of hydrogen-bond acceptors (Lipinski definition) is 5. The number of nitrogens with zero attached hydrogens (tertiary/aromatic N) is 1. The van der Waals surface area contributed by atoms with Gasteiger partial charge < -0.3 is 9.47 Å². The second-order valence-corrected chi connectivity index (χ2v) is 4.51. The fourth-order valence-corrected chi connectivity index (χ4v) is 1.97. The summed E-state index contributed by atoms with van der Waals surface area (Å²) in [4.78, 5) is 21.7. The van der Waals surface area contributed by atoms with E-state index in [4.69, 9.17) is 9.47 Å². The highest BCUT2D eigenvalue weighted by Crippen LogP contribution is 2.19. The van der Waals surface area contributed by atoms with Crippen LogP contribution in [0, 0.1) is 15.9 Å². The van der Waals surface area contributed by atoms with Gasteiger partial charge in [0.2, 0.25) is 0 Å². The van der Waals surface area contributed by atoms with E-state index in [1.165, 1.54) is 0 Å². The molecule has 20 heavy (non-hydrogen) atoms. The average Bonchev–Trinajstić information content (AvgIpc) is 2.46. The van der Waals surface area contributed by atoms with Gasteiger partial charge in [0.05, 0.1) is 11.0 Å².